The number of aliphatic carboxylic acids is 1. The highest BCUT2D eigenvalue weighted by molar-refractivity contribution is 5.67. The van der Waals surface area contributed by atoms with Gasteiger partial charge < -0.3 is 5.11 Å². The molecule has 0 radical (unpaired) electrons. The quantitative estimate of drug-likeness (QED) is 0.0654. The maximum absolute atomic E-state index is 11.5. The van der Waals surface area contributed by atoms with Crippen molar-refractivity contribution in [1.82, 2.24) is 4.90 Å². The predicted octanol–water partition coefficient (Wildman–Crippen LogP) is 15.6. The average Bonchev–Trinajstić information content (AvgIpc) is 3.08. The fourth-order valence-corrected chi connectivity index (χ4v) is 7.64. The van der Waals surface area contributed by atoms with Crippen molar-refractivity contribution in [2.45, 2.75) is 271 Å². The van der Waals surface area contributed by atoms with E-state index in [1.165, 1.54) is 231 Å². The molecule has 288 valence electrons. The fraction of sp³-hybridized carbons (Fsp3) is 0.978. The molecule has 0 aromatic heterocycles. The summed E-state index contributed by atoms with van der Waals surface area (Å²) in [4.78, 5) is 14.1. The van der Waals surface area contributed by atoms with E-state index in [0.29, 0.717) is 6.42 Å². The van der Waals surface area contributed by atoms with Gasteiger partial charge in [0.25, 0.3) is 0 Å². The highest BCUT2D eigenvalue weighted by atomic mass is 16.4. The molecule has 0 aliphatic heterocycles. The normalized spacial score (nSPS) is 12.3. The first-order valence-corrected chi connectivity index (χ1v) is 22.6. The first kappa shape index (κ1) is 47.4. The molecule has 0 saturated carbocycles. The number of hydrogen-bond donors (Lipinski definition) is 1. The Kier molecular flexibility index (Phi) is 40.4. The second-order valence-corrected chi connectivity index (χ2v) is 15.7. The minimum absolute atomic E-state index is 0.207. The number of unbranched alkanes of at least 4 members (excludes halogenated alkanes) is 34. The van der Waals surface area contributed by atoms with Crippen LogP contribution in [0, 0.1) is 0 Å². The molecule has 48 heavy (non-hydrogen) atoms. The highest BCUT2D eigenvalue weighted by Gasteiger charge is 2.19. The molecular formula is C45H91NO2. The van der Waals surface area contributed by atoms with Gasteiger partial charge in [0, 0.05) is 6.04 Å². The summed E-state index contributed by atoms with van der Waals surface area (Å²) in [5.74, 6) is -0.637. The Hall–Kier alpha value is -0.570. The van der Waals surface area contributed by atoms with Crippen molar-refractivity contribution in [3.63, 3.8) is 0 Å². The second kappa shape index (κ2) is 40.9. The summed E-state index contributed by atoms with van der Waals surface area (Å²) < 4.78 is 0. The number of nitrogens with zero attached hydrogens (tertiary/aromatic N) is 1. The summed E-state index contributed by atoms with van der Waals surface area (Å²) >= 11 is 0. The number of rotatable bonds is 42. The second-order valence-electron chi connectivity index (χ2n) is 15.7. The summed E-state index contributed by atoms with van der Waals surface area (Å²) in [5.41, 5.74) is 0. The van der Waals surface area contributed by atoms with Crippen LogP contribution in [0.1, 0.15) is 265 Å². The maximum Gasteiger partial charge on any atom is 0.304 e. The van der Waals surface area contributed by atoms with E-state index in [9.17, 15) is 9.90 Å². The Morgan fingerprint density at radius 1 is 0.375 bits per heavy atom. The first-order chi connectivity index (χ1) is 23.7. The van der Waals surface area contributed by atoms with Crippen LogP contribution in [0.25, 0.3) is 0 Å². The van der Waals surface area contributed by atoms with Gasteiger partial charge in [0.15, 0.2) is 0 Å². The molecule has 0 amide bonds. The summed E-state index contributed by atoms with van der Waals surface area (Å²) in [7, 11) is 0. The molecule has 0 heterocycles. The van der Waals surface area contributed by atoms with E-state index < -0.39 is 5.97 Å². The molecule has 1 atom stereocenters. The monoisotopic (exact) mass is 678 g/mol. The van der Waals surface area contributed by atoms with Crippen LogP contribution < -0.4 is 0 Å². The Labute approximate surface area is 304 Å². The van der Waals surface area contributed by atoms with Crippen LogP contribution in [0.5, 0.6) is 0 Å². The van der Waals surface area contributed by atoms with Gasteiger partial charge in [0.1, 0.15) is 0 Å². The molecule has 1 N–H and O–H groups in total. The van der Waals surface area contributed by atoms with Crippen molar-refractivity contribution in [1.29, 1.82) is 0 Å². The topological polar surface area (TPSA) is 40.5 Å². The number of carboxylic acids is 1. The third-order valence-corrected chi connectivity index (χ3v) is 11.0. The molecule has 0 spiro atoms. The van der Waals surface area contributed by atoms with Crippen molar-refractivity contribution < 1.29 is 9.90 Å². The lowest BCUT2D eigenvalue weighted by Gasteiger charge is -2.30. The largest absolute Gasteiger partial charge is 0.481 e. The molecule has 0 aliphatic carbocycles. The molecule has 0 aliphatic rings. The van der Waals surface area contributed by atoms with Crippen molar-refractivity contribution >= 4 is 5.97 Å². The predicted molar refractivity (Wildman–Crippen MR) is 215 cm³/mol. The molecule has 0 aromatic rings. The van der Waals surface area contributed by atoms with Gasteiger partial charge in [-0.3, -0.25) is 9.69 Å². The van der Waals surface area contributed by atoms with Crippen LogP contribution in [-0.4, -0.2) is 35.1 Å². The van der Waals surface area contributed by atoms with Gasteiger partial charge >= 0.3 is 5.97 Å². The molecule has 1 unspecified atom stereocenters. The standard InChI is InChI=1S/C45H91NO2/c1-4-7-9-11-13-15-17-19-21-23-25-27-29-31-33-35-37-39-41-46(44(6-3)43-45(47)48)42-40-38-36-34-32-30-28-26-24-22-20-18-16-14-12-10-8-5-2/h44H,4-43H2,1-3H3,(H,47,48). The fourth-order valence-electron chi connectivity index (χ4n) is 7.64. The first-order valence-electron chi connectivity index (χ1n) is 22.6. The van der Waals surface area contributed by atoms with Crippen molar-refractivity contribution in [2.75, 3.05) is 13.1 Å². The van der Waals surface area contributed by atoms with Crippen molar-refractivity contribution in [3.8, 4) is 0 Å². The van der Waals surface area contributed by atoms with E-state index in [1.54, 1.807) is 0 Å². The van der Waals surface area contributed by atoms with E-state index in [4.69, 9.17) is 0 Å². The molecular weight excluding hydrogens is 587 g/mol. The SMILES string of the molecule is CCCCCCCCCCCCCCCCCCCCN(CCCCCCCCCCCCCCCCCCCC)C(CC)CC(=O)O. The van der Waals surface area contributed by atoms with E-state index in [0.717, 1.165) is 19.5 Å². The van der Waals surface area contributed by atoms with E-state index in [-0.39, 0.29) is 6.04 Å². The van der Waals surface area contributed by atoms with Crippen LogP contribution in [0.15, 0.2) is 0 Å². The van der Waals surface area contributed by atoms with Gasteiger partial charge in [0.05, 0.1) is 6.42 Å². The van der Waals surface area contributed by atoms with Crippen LogP contribution in [0.3, 0.4) is 0 Å². The van der Waals surface area contributed by atoms with Gasteiger partial charge in [-0.25, -0.2) is 0 Å². The van der Waals surface area contributed by atoms with Gasteiger partial charge in [-0.2, -0.15) is 0 Å². The Morgan fingerprint density at radius 2 is 0.583 bits per heavy atom. The minimum Gasteiger partial charge on any atom is -0.481 e. The van der Waals surface area contributed by atoms with Gasteiger partial charge in [0.2, 0.25) is 0 Å². The average molecular weight is 678 g/mol. The van der Waals surface area contributed by atoms with Crippen LogP contribution in [0.2, 0.25) is 0 Å². The lowest BCUT2D eigenvalue weighted by molar-refractivity contribution is -0.138. The van der Waals surface area contributed by atoms with Gasteiger partial charge in [-0.1, -0.05) is 239 Å². The molecule has 0 saturated heterocycles. The highest BCUT2D eigenvalue weighted by Crippen LogP contribution is 2.18. The zero-order chi connectivity index (χ0) is 35.0. The number of hydrogen-bond acceptors (Lipinski definition) is 2. The van der Waals surface area contributed by atoms with Crippen LogP contribution in [0.4, 0.5) is 0 Å². The maximum atomic E-state index is 11.5. The van der Waals surface area contributed by atoms with Crippen LogP contribution >= 0.6 is 0 Å². The Balaban J connectivity index is 3.74. The third-order valence-electron chi connectivity index (χ3n) is 11.0. The molecule has 3 nitrogen and oxygen atoms in total. The third kappa shape index (κ3) is 36.7. The van der Waals surface area contributed by atoms with E-state index >= 15 is 0 Å². The number of carboxylic acid groups (broad SMARTS) is 1. The summed E-state index contributed by atoms with van der Waals surface area (Å²) in [6.45, 7) is 8.94. The van der Waals surface area contributed by atoms with Crippen molar-refractivity contribution in [3.05, 3.63) is 0 Å². The lowest BCUT2D eigenvalue weighted by Crippen LogP contribution is -2.38. The zero-order valence-corrected chi connectivity index (χ0v) is 33.7. The summed E-state index contributed by atoms with van der Waals surface area (Å²) in [6, 6.07) is 0.207. The molecule has 0 aromatic carbocycles. The Morgan fingerprint density at radius 3 is 0.771 bits per heavy atom. The van der Waals surface area contributed by atoms with Crippen molar-refractivity contribution in [2.24, 2.45) is 0 Å². The number of carbonyl (C=O) groups is 1. The van der Waals surface area contributed by atoms with E-state index in [2.05, 4.69) is 25.7 Å². The van der Waals surface area contributed by atoms with Gasteiger partial charge in [-0.15, -0.1) is 0 Å². The lowest BCUT2D eigenvalue weighted by atomic mass is 10.0. The molecule has 0 fully saturated rings. The molecule has 0 rings (SSSR count). The zero-order valence-electron chi connectivity index (χ0n) is 33.7. The molecule has 3 heteroatoms. The van der Waals surface area contributed by atoms with E-state index in [1.807, 2.05) is 0 Å². The smallest absolute Gasteiger partial charge is 0.304 e. The minimum atomic E-state index is -0.637. The summed E-state index contributed by atoms with van der Waals surface area (Å²) in [5, 5.41) is 9.49. The Bertz CT molecular complexity index is 568. The molecule has 0 bridgehead atoms. The van der Waals surface area contributed by atoms with Crippen LogP contribution in [-0.2, 0) is 4.79 Å². The van der Waals surface area contributed by atoms with Gasteiger partial charge in [-0.05, 0) is 32.4 Å². The summed E-state index contributed by atoms with van der Waals surface area (Å²) in [6.07, 6.45) is 51.9.